The van der Waals surface area contributed by atoms with Gasteiger partial charge in [0.05, 0.1) is 5.03 Å². The van der Waals surface area contributed by atoms with Crippen LogP contribution >= 0.6 is 11.6 Å². The van der Waals surface area contributed by atoms with Crippen molar-refractivity contribution in [2.45, 2.75) is 0 Å². The zero-order valence-corrected chi connectivity index (χ0v) is 6.95. The number of phenolic OH excluding ortho intramolecular Hbond substituents is 1. The van der Waals surface area contributed by atoms with Gasteiger partial charge in [-0.2, -0.15) is 0 Å². The second-order valence-electron chi connectivity index (χ2n) is 2.17. The van der Waals surface area contributed by atoms with E-state index in [4.69, 9.17) is 11.6 Å². The molecule has 1 N–H and O–H groups in total. The summed E-state index contributed by atoms with van der Waals surface area (Å²) in [7, 11) is 0. The van der Waals surface area contributed by atoms with Gasteiger partial charge in [-0.15, -0.1) is 0 Å². The van der Waals surface area contributed by atoms with Crippen molar-refractivity contribution in [3.63, 3.8) is 0 Å². The summed E-state index contributed by atoms with van der Waals surface area (Å²) in [6.45, 7) is 0. The van der Waals surface area contributed by atoms with Crippen LogP contribution in [0.1, 0.15) is 5.56 Å². The Morgan fingerprint density at radius 1 is 1.42 bits per heavy atom. The smallest absolute Gasteiger partial charge is 0.144 e. The molecule has 0 saturated heterocycles. The van der Waals surface area contributed by atoms with Crippen molar-refractivity contribution in [3.8, 4) is 5.75 Å². The van der Waals surface area contributed by atoms with E-state index in [1.54, 1.807) is 18.2 Å². The van der Waals surface area contributed by atoms with Crippen LogP contribution in [0.15, 0.2) is 30.3 Å². The van der Waals surface area contributed by atoms with Crippen molar-refractivity contribution >= 4 is 22.9 Å². The first-order chi connectivity index (χ1) is 5.75. The Bertz CT molecular complexity index is 318. The fourth-order valence-electron chi connectivity index (χ4n) is 0.825. The molecule has 0 aliphatic carbocycles. The summed E-state index contributed by atoms with van der Waals surface area (Å²) >= 11 is 5.68. The fourth-order valence-corrected chi connectivity index (χ4v) is 1.04. The molecule has 0 heterocycles. The highest BCUT2D eigenvalue weighted by atomic mass is 35.5. The topological polar surface area (TPSA) is 37.3 Å². The number of carbonyl (C=O) groups excluding carboxylic acids is 1. The number of allylic oxidation sites excluding steroid dienone is 1. The quantitative estimate of drug-likeness (QED) is 0.562. The average Bonchev–Trinajstić information content (AvgIpc) is 2.05. The first kappa shape index (κ1) is 8.81. The lowest BCUT2D eigenvalue weighted by Crippen LogP contribution is -1.78. The standard InChI is InChI=1S/C9H7ClO2/c10-8(5-6-11)7-3-1-2-4-9(7)12/h1-6,12H. The number of benzene rings is 1. The Morgan fingerprint density at radius 3 is 2.67 bits per heavy atom. The zero-order valence-electron chi connectivity index (χ0n) is 6.20. The molecule has 2 nitrogen and oxygen atoms in total. The lowest BCUT2D eigenvalue weighted by atomic mass is 10.2. The fraction of sp³-hybridized carbons (Fsp3) is 0. The Labute approximate surface area is 75.1 Å². The third-order valence-corrected chi connectivity index (χ3v) is 1.71. The summed E-state index contributed by atoms with van der Waals surface area (Å²) < 4.78 is 0. The van der Waals surface area contributed by atoms with Crippen LogP contribution in [-0.2, 0) is 4.79 Å². The number of aldehydes is 1. The predicted octanol–water partition coefficient (Wildman–Crippen LogP) is 2.17. The Balaban J connectivity index is 3.10. The maximum atomic E-state index is 10.1. The molecule has 0 unspecified atom stereocenters. The minimum atomic E-state index is 0.0700. The molecule has 0 aliphatic heterocycles. The Hall–Kier alpha value is -1.28. The summed E-state index contributed by atoms with van der Waals surface area (Å²) in [5, 5.41) is 9.51. The van der Waals surface area contributed by atoms with Crippen molar-refractivity contribution in [1.29, 1.82) is 0 Å². The summed E-state index contributed by atoms with van der Waals surface area (Å²) in [6, 6.07) is 6.56. The van der Waals surface area contributed by atoms with Crippen LogP contribution in [0.4, 0.5) is 0 Å². The van der Waals surface area contributed by atoms with Crippen molar-refractivity contribution in [2.75, 3.05) is 0 Å². The van der Waals surface area contributed by atoms with E-state index in [9.17, 15) is 9.90 Å². The molecule has 0 aliphatic rings. The molecule has 0 amide bonds. The molecule has 0 spiro atoms. The summed E-state index contributed by atoms with van der Waals surface area (Å²) in [4.78, 5) is 10.1. The minimum absolute atomic E-state index is 0.0700. The third-order valence-electron chi connectivity index (χ3n) is 1.38. The van der Waals surface area contributed by atoms with Crippen molar-refractivity contribution in [1.82, 2.24) is 0 Å². The molecule has 0 fully saturated rings. The molecule has 0 radical (unpaired) electrons. The van der Waals surface area contributed by atoms with E-state index in [0.717, 1.165) is 0 Å². The molecule has 0 bridgehead atoms. The second kappa shape index (κ2) is 3.93. The molecule has 0 aromatic heterocycles. The maximum Gasteiger partial charge on any atom is 0.144 e. The lowest BCUT2D eigenvalue weighted by molar-refractivity contribution is -0.104. The monoisotopic (exact) mass is 182 g/mol. The van der Waals surface area contributed by atoms with Crippen molar-refractivity contribution < 1.29 is 9.90 Å². The van der Waals surface area contributed by atoms with Crippen LogP contribution in [-0.4, -0.2) is 11.4 Å². The van der Waals surface area contributed by atoms with Gasteiger partial charge in [-0.1, -0.05) is 23.7 Å². The number of rotatable bonds is 2. The van der Waals surface area contributed by atoms with Gasteiger partial charge in [0.15, 0.2) is 0 Å². The second-order valence-corrected chi connectivity index (χ2v) is 2.58. The summed E-state index contributed by atoms with van der Waals surface area (Å²) in [5.74, 6) is 0.0700. The Morgan fingerprint density at radius 2 is 2.08 bits per heavy atom. The van der Waals surface area contributed by atoms with Crippen LogP contribution in [0.3, 0.4) is 0 Å². The van der Waals surface area contributed by atoms with Crippen molar-refractivity contribution in [2.24, 2.45) is 0 Å². The molecular weight excluding hydrogens is 176 g/mol. The van der Waals surface area contributed by atoms with Crippen LogP contribution in [0.5, 0.6) is 5.75 Å². The third kappa shape index (κ3) is 1.86. The van der Waals surface area contributed by atoms with Gasteiger partial charge in [0.2, 0.25) is 0 Å². The highest BCUT2D eigenvalue weighted by Gasteiger charge is 2.01. The molecule has 0 atom stereocenters. The van der Waals surface area contributed by atoms with Gasteiger partial charge < -0.3 is 5.11 Å². The average molecular weight is 183 g/mol. The number of phenols is 1. The molecule has 1 aromatic rings. The SMILES string of the molecule is O=CC=C(Cl)c1ccccc1O. The van der Waals surface area contributed by atoms with Crippen LogP contribution in [0.2, 0.25) is 0 Å². The molecule has 3 heteroatoms. The lowest BCUT2D eigenvalue weighted by Gasteiger charge is -1.99. The van der Waals surface area contributed by atoms with E-state index in [-0.39, 0.29) is 10.8 Å². The Kier molecular flexibility index (Phi) is 2.88. The van der Waals surface area contributed by atoms with Gasteiger partial charge in [-0.25, -0.2) is 0 Å². The van der Waals surface area contributed by atoms with Gasteiger partial charge in [0, 0.05) is 5.56 Å². The molecule has 62 valence electrons. The number of halogens is 1. The van der Waals surface area contributed by atoms with Gasteiger partial charge in [-0.05, 0) is 18.2 Å². The van der Waals surface area contributed by atoms with E-state index in [0.29, 0.717) is 11.8 Å². The molecule has 1 rings (SSSR count). The number of carbonyl (C=O) groups is 1. The number of hydrogen-bond acceptors (Lipinski definition) is 2. The van der Waals surface area contributed by atoms with Crippen LogP contribution in [0.25, 0.3) is 5.03 Å². The van der Waals surface area contributed by atoms with Crippen LogP contribution < -0.4 is 0 Å². The van der Waals surface area contributed by atoms with E-state index >= 15 is 0 Å². The maximum absolute atomic E-state index is 10.1. The van der Waals surface area contributed by atoms with Gasteiger partial charge in [-0.3, -0.25) is 4.79 Å². The minimum Gasteiger partial charge on any atom is -0.507 e. The van der Waals surface area contributed by atoms with E-state index in [2.05, 4.69) is 0 Å². The molecular formula is C9H7ClO2. The van der Waals surface area contributed by atoms with Crippen LogP contribution in [0, 0.1) is 0 Å². The molecule has 1 aromatic carbocycles. The van der Waals surface area contributed by atoms with E-state index in [1.807, 2.05) is 0 Å². The number of para-hydroxylation sites is 1. The van der Waals surface area contributed by atoms with Gasteiger partial charge >= 0.3 is 0 Å². The van der Waals surface area contributed by atoms with Gasteiger partial charge in [0.1, 0.15) is 12.0 Å². The van der Waals surface area contributed by atoms with Gasteiger partial charge in [0.25, 0.3) is 0 Å². The number of hydrogen-bond donors (Lipinski definition) is 1. The zero-order chi connectivity index (χ0) is 8.97. The van der Waals surface area contributed by atoms with E-state index in [1.165, 1.54) is 12.1 Å². The highest BCUT2D eigenvalue weighted by molar-refractivity contribution is 6.50. The highest BCUT2D eigenvalue weighted by Crippen LogP contribution is 2.26. The summed E-state index contributed by atoms with van der Waals surface area (Å²) in [6.07, 6.45) is 1.77. The molecule has 0 saturated carbocycles. The van der Waals surface area contributed by atoms with Crippen molar-refractivity contribution in [3.05, 3.63) is 35.9 Å². The first-order valence-corrected chi connectivity index (χ1v) is 3.73. The predicted molar refractivity (Wildman–Crippen MR) is 48.0 cm³/mol. The first-order valence-electron chi connectivity index (χ1n) is 3.35. The van der Waals surface area contributed by atoms with E-state index < -0.39 is 0 Å². The number of aromatic hydroxyl groups is 1. The largest absolute Gasteiger partial charge is 0.507 e. The molecule has 12 heavy (non-hydrogen) atoms. The normalized spacial score (nSPS) is 11.2. The summed E-state index contributed by atoms with van der Waals surface area (Å²) in [5.41, 5.74) is 0.464.